The smallest absolute Gasteiger partial charge is 0.0538 e. The average Bonchev–Trinajstić information content (AvgIpc) is 2.48. The zero-order valence-corrected chi connectivity index (χ0v) is 10.8. The van der Waals surface area contributed by atoms with Crippen LogP contribution in [0.4, 0.5) is 11.4 Å². The van der Waals surface area contributed by atoms with Gasteiger partial charge >= 0.3 is 0 Å². The van der Waals surface area contributed by atoms with Crippen molar-refractivity contribution in [3.05, 3.63) is 59.7 Å². The Labute approximate surface area is 113 Å². The first-order chi connectivity index (χ1) is 9.38. The highest BCUT2D eigenvalue weighted by Crippen LogP contribution is 2.33. The van der Waals surface area contributed by atoms with Gasteiger partial charge in [0.2, 0.25) is 0 Å². The van der Waals surface area contributed by atoms with Gasteiger partial charge in [0.05, 0.1) is 6.21 Å². The van der Waals surface area contributed by atoms with Gasteiger partial charge in [-0.05, 0) is 48.2 Å². The fourth-order valence-corrected chi connectivity index (χ4v) is 2.66. The number of fused-ring (bicyclic) bond motifs is 1. The molecule has 1 aliphatic rings. The van der Waals surface area contributed by atoms with Crippen molar-refractivity contribution >= 4 is 17.6 Å². The molecule has 96 valence electrons. The molecule has 0 aliphatic carbocycles. The first-order valence-electron chi connectivity index (χ1n) is 6.57. The molecule has 0 saturated heterocycles. The Bertz CT molecular complexity index is 590. The molecular formula is C16H17N3. The molecule has 3 heteroatoms. The van der Waals surface area contributed by atoms with E-state index in [-0.39, 0.29) is 0 Å². The molecule has 0 saturated carbocycles. The lowest BCUT2D eigenvalue weighted by atomic mass is 9.99. The average molecular weight is 251 g/mol. The number of rotatable bonds is 2. The maximum atomic E-state index is 5.21. The molecule has 2 aromatic rings. The monoisotopic (exact) mass is 251 g/mol. The number of para-hydroxylation sites is 1. The van der Waals surface area contributed by atoms with Crippen molar-refractivity contribution in [1.82, 2.24) is 0 Å². The van der Waals surface area contributed by atoms with E-state index >= 15 is 0 Å². The molecule has 19 heavy (non-hydrogen) atoms. The van der Waals surface area contributed by atoms with Crippen LogP contribution in [0.3, 0.4) is 0 Å². The van der Waals surface area contributed by atoms with E-state index in [1.54, 1.807) is 6.21 Å². The van der Waals surface area contributed by atoms with Crippen LogP contribution >= 0.6 is 0 Å². The third kappa shape index (κ3) is 2.32. The van der Waals surface area contributed by atoms with E-state index in [4.69, 9.17) is 5.84 Å². The quantitative estimate of drug-likeness (QED) is 0.506. The summed E-state index contributed by atoms with van der Waals surface area (Å²) in [5.74, 6) is 5.21. The maximum Gasteiger partial charge on any atom is 0.0538 e. The summed E-state index contributed by atoms with van der Waals surface area (Å²) in [5, 5.41) is 3.59. The Morgan fingerprint density at radius 3 is 2.74 bits per heavy atom. The summed E-state index contributed by atoms with van der Waals surface area (Å²) < 4.78 is 0. The van der Waals surface area contributed by atoms with Gasteiger partial charge in [-0.15, -0.1) is 0 Å². The number of anilines is 2. The van der Waals surface area contributed by atoms with Gasteiger partial charge in [-0.3, -0.25) is 0 Å². The molecule has 1 heterocycles. The van der Waals surface area contributed by atoms with Gasteiger partial charge < -0.3 is 10.7 Å². The largest absolute Gasteiger partial charge is 0.341 e. The number of hydrogen-bond acceptors (Lipinski definition) is 3. The number of hydrogen-bond donors (Lipinski definition) is 1. The van der Waals surface area contributed by atoms with Crippen molar-refractivity contribution in [2.24, 2.45) is 10.9 Å². The van der Waals surface area contributed by atoms with E-state index in [0.29, 0.717) is 0 Å². The summed E-state index contributed by atoms with van der Waals surface area (Å²) in [4.78, 5) is 2.38. The van der Waals surface area contributed by atoms with Crippen molar-refractivity contribution in [2.45, 2.75) is 12.8 Å². The molecule has 0 radical (unpaired) electrons. The van der Waals surface area contributed by atoms with Crippen molar-refractivity contribution in [1.29, 1.82) is 0 Å². The molecule has 0 fully saturated rings. The van der Waals surface area contributed by atoms with Crippen LogP contribution in [-0.4, -0.2) is 12.8 Å². The summed E-state index contributed by atoms with van der Waals surface area (Å²) >= 11 is 0. The van der Waals surface area contributed by atoms with Crippen LogP contribution in [0, 0.1) is 0 Å². The Hall–Kier alpha value is -2.29. The summed E-state index contributed by atoms with van der Waals surface area (Å²) in [6.45, 7) is 1.07. The molecule has 1 aliphatic heterocycles. The third-order valence-electron chi connectivity index (χ3n) is 3.51. The molecular weight excluding hydrogens is 234 g/mol. The van der Waals surface area contributed by atoms with Crippen LogP contribution in [-0.2, 0) is 6.42 Å². The Morgan fingerprint density at radius 1 is 1.11 bits per heavy atom. The molecule has 3 rings (SSSR count). The first kappa shape index (κ1) is 11.8. The fourth-order valence-electron chi connectivity index (χ4n) is 2.66. The van der Waals surface area contributed by atoms with Gasteiger partial charge in [0.25, 0.3) is 0 Å². The predicted molar refractivity (Wildman–Crippen MR) is 80.0 cm³/mol. The predicted octanol–water partition coefficient (Wildman–Crippen LogP) is 3.06. The lowest BCUT2D eigenvalue weighted by Gasteiger charge is -2.31. The Balaban J connectivity index is 2.01. The molecule has 0 bridgehead atoms. The number of aryl methyl sites for hydroxylation is 1. The number of hydrazone groups is 1. The molecule has 3 nitrogen and oxygen atoms in total. The Morgan fingerprint density at radius 2 is 1.95 bits per heavy atom. The minimum atomic E-state index is 1.07. The van der Waals surface area contributed by atoms with Crippen molar-refractivity contribution in [2.75, 3.05) is 11.4 Å². The van der Waals surface area contributed by atoms with E-state index in [2.05, 4.69) is 58.5 Å². The molecule has 2 N–H and O–H groups in total. The maximum absolute atomic E-state index is 5.21. The lowest BCUT2D eigenvalue weighted by Crippen LogP contribution is -2.24. The fraction of sp³-hybridized carbons (Fsp3) is 0.188. The molecule has 0 aromatic heterocycles. The summed E-state index contributed by atoms with van der Waals surface area (Å²) in [6.07, 6.45) is 3.98. The van der Waals surface area contributed by atoms with Crippen LogP contribution in [0.15, 0.2) is 53.6 Å². The minimum Gasteiger partial charge on any atom is -0.341 e. The van der Waals surface area contributed by atoms with E-state index in [0.717, 1.165) is 18.5 Å². The second kappa shape index (κ2) is 5.14. The van der Waals surface area contributed by atoms with Gasteiger partial charge in [0.15, 0.2) is 0 Å². The second-order valence-corrected chi connectivity index (χ2v) is 4.76. The van der Waals surface area contributed by atoms with E-state index in [1.165, 1.54) is 23.4 Å². The van der Waals surface area contributed by atoms with Crippen molar-refractivity contribution in [3.63, 3.8) is 0 Å². The summed E-state index contributed by atoms with van der Waals surface area (Å²) in [6, 6.07) is 16.9. The van der Waals surface area contributed by atoms with Gasteiger partial charge in [-0.1, -0.05) is 24.3 Å². The zero-order valence-electron chi connectivity index (χ0n) is 10.8. The van der Waals surface area contributed by atoms with Crippen molar-refractivity contribution < 1.29 is 0 Å². The van der Waals surface area contributed by atoms with Gasteiger partial charge in [-0.2, -0.15) is 5.10 Å². The van der Waals surface area contributed by atoms with E-state index in [1.807, 2.05) is 0 Å². The SMILES string of the molecule is NN=Cc1ccc2c(c1)CCCN2c1ccccc1. The zero-order chi connectivity index (χ0) is 13.1. The number of benzene rings is 2. The van der Waals surface area contributed by atoms with Gasteiger partial charge in [0, 0.05) is 17.9 Å². The standard InChI is InChI=1S/C16H17N3/c17-18-12-13-8-9-16-14(11-13)5-4-10-19(16)15-6-2-1-3-7-15/h1-3,6-9,11-12H,4-5,10,17H2. The van der Waals surface area contributed by atoms with Gasteiger partial charge in [0.1, 0.15) is 0 Å². The number of nitrogens with zero attached hydrogens (tertiary/aromatic N) is 2. The minimum absolute atomic E-state index is 1.07. The lowest BCUT2D eigenvalue weighted by molar-refractivity contribution is 0.767. The number of nitrogens with two attached hydrogens (primary N) is 1. The third-order valence-corrected chi connectivity index (χ3v) is 3.51. The Kier molecular flexibility index (Phi) is 3.19. The van der Waals surface area contributed by atoms with Crippen LogP contribution < -0.4 is 10.7 Å². The summed E-state index contributed by atoms with van der Waals surface area (Å²) in [7, 11) is 0. The molecule has 2 aromatic carbocycles. The van der Waals surface area contributed by atoms with E-state index < -0.39 is 0 Å². The van der Waals surface area contributed by atoms with Gasteiger partial charge in [-0.25, -0.2) is 0 Å². The highest BCUT2D eigenvalue weighted by atomic mass is 15.1. The molecule has 0 spiro atoms. The second-order valence-electron chi connectivity index (χ2n) is 4.76. The highest BCUT2D eigenvalue weighted by molar-refractivity contribution is 5.82. The molecule has 0 atom stereocenters. The van der Waals surface area contributed by atoms with Crippen molar-refractivity contribution in [3.8, 4) is 0 Å². The first-order valence-corrected chi connectivity index (χ1v) is 6.57. The normalized spacial score (nSPS) is 14.6. The van der Waals surface area contributed by atoms with Crippen LogP contribution in [0.5, 0.6) is 0 Å². The highest BCUT2D eigenvalue weighted by Gasteiger charge is 2.17. The summed E-state index contributed by atoms with van der Waals surface area (Å²) in [5.41, 5.74) is 4.99. The topological polar surface area (TPSA) is 41.6 Å². The molecule has 0 unspecified atom stereocenters. The van der Waals surface area contributed by atoms with Crippen LogP contribution in [0.25, 0.3) is 0 Å². The van der Waals surface area contributed by atoms with E-state index in [9.17, 15) is 0 Å². The van der Waals surface area contributed by atoms with Crippen LogP contribution in [0.1, 0.15) is 17.5 Å². The van der Waals surface area contributed by atoms with Crippen LogP contribution in [0.2, 0.25) is 0 Å². The molecule has 0 amide bonds.